The van der Waals surface area contributed by atoms with Crippen LogP contribution in [0.4, 0.5) is 17.1 Å². The van der Waals surface area contributed by atoms with Crippen LogP contribution in [0.25, 0.3) is 60.5 Å². The molecule has 8 aromatic carbocycles. The molecule has 48 heavy (non-hydrogen) atoms. The molecule has 226 valence electrons. The maximum atomic E-state index is 2.36. The van der Waals surface area contributed by atoms with Crippen molar-refractivity contribution in [2.24, 2.45) is 0 Å². The minimum Gasteiger partial charge on any atom is -0.311 e. The molecule has 9 aromatic rings. The summed E-state index contributed by atoms with van der Waals surface area (Å²) in [4.78, 5) is 2.33. The van der Waals surface area contributed by atoms with Crippen molar-refractivity contribution in [1.82, 2.24) is 4.57 Å². The highest BCUT2D eigenvalue weighted by Gasteiger charge is 2.16. The Kier molecular flexibility index (Phi) is 6.84. The molecule has 9 rings (SSSR count). The van der Waals surface area contributed by atoms with Crippen LogP contribution in [0.5, 0.6) is 0 Å². The van der Waals surface area contributed by atoms with E-state index in [2.05, 4.69) is 204 Å². The molecule has 0 aliphatic rings. The lowest BCUT2D eigenvalue weighted by Crippen LogP contribution is -2.10. The fourth-order valence-corrected chi connectivity index (χ4v) is 7.11. The van der Waals surface area contributed by atoms with Crippen molar-refractivity contribution in [3.8, 4) is 27.9 Å². The highest BCUT2D eigenvalue weighted by molar-refractivity contribution is 6.09. The van der Waals surface area contributed by atoms with E-state index in [1.165, 1.54) is 54.8 Å². The summed E-state index contributed by atoms with van der Waals surface area (Å²) < 4.78 is 2.36. The summed E-state index contributed by atoms with van der Waals surface area (Å²) in [5.74, 6) is 0. The number of rotatable bonds is 6. The fourth-order valence-electron chi connectivity index (χ4n) is 7.11. The molecule has 1 heterocycles. The predicted octanol–water partition coefficient (Wildman–Crippen LogP) is 12.7. The standard InChI is InChI=1S/C46H32N2/c1-2-14-37(15-3-1)47(39-28-30-40(31-29-39)48-45-20-10-8-18-43(45)44-19-9-11-21-46(44)48)38-26-24-34(25-27-38)41-16-6-7-17-42(41)36-23-22-33-12-4-5-13-35(33)32-36/h1-32H. The van der Waals surface area contributed by atoms with Crippen molar-refractivity contribution in [1.29, 1.82) is 0 Å². The zero-order valence-corrected chi connectivity index (χ0v) is 26.4. The van der Waals surface area contributed by atoms with Crippen molar-refractivity contribution in [2.75, 3.05) is 4.90 Å². The molecule has 0 aliphatic heterocycles. The lowest BCUT2D eigenvalue weighted by molar-refractivity contribution is 1.17. The molecule has 0 aliphatic carbocycles. The number of para-hydroxylation sites is 3. The number of hydrogen-bond acceptors (Lipinski definition) is 1. The zero-order valence-electron chi connectivity index (χ0n) is 26.4. The van der Waals surface area contributed by atoms with Gasteiger partial charge in [-0.1, -0.05) is 127 Å². The Bertz CT molecular complexity index is 2490. The maximum Gasteiger partial charge on any atom is 0.0541 e. The average Bonchev–Trinajstić information content (AvgIpc) is 3.50. The van der Waals surface area contributed by atoms with Gasteiger partial charge >= 0.3 is 0 Å². The van der Waals surface area contributed by atoms with Gasteiger partial charge in [0.25, 0.3) is 0 Å². The summed E-state index contributed by atoms with van der Waals surface area (Å²) >= 11 is 0. The molecular formula is C46H32N2. The molecule has 0 spiro atoms. The Morgan fingerprint density at radius 1 is 0.333 bits per heavy atom. The third-order valence-corrected chi connectivity index (χ3v) is 9.38. The van der Waals surface area contributed by atoms with E-state index in [1.807, 2.05) is 0 Å². The van der Waals surface area contributed by atoms with Crippen LogP contribution in [0, 0.1) is 0 Å². The van der Waals surface area contributed by atoms with Gasteiger partial charge in [-0.15, -0.1) is 0 Å². The molecule has 0 N–H and O–H groups in total. The molecule has 2 nitrogen and oxygen atoms in total. The van der Waals surface area contributed by atoms with Gasteiger partial charge in [0.05, 0.1) is 11.0 Å². The molecule has 1 aromatic heterocycles. The van der Waals surface area contributed by atoms with Crippen LogP contribution in [0.3, 0.4) is 0 Å². The van der Waals surface area contributed by atoms with Gasteiger partial charge in [-0.2, -0.15) is 0 Å². The topological polar surface area (TPSA) is 8.17 Å². The zero-order chi connectivity index (χ0) is 31.9. The highest BCUT2D eigenvalue weighted by Crippen LogP contribution is 2.39. The van der Waals surface area contributed by atoms with Crippen molar-refractivity contribution < 1.29 is 0 Å². The summed E-state index contributed by atoms with van der Waals surface area (Å²) in [6.45, 7) is 0. The second-order valence-corrected chi connectivity index (χ2v) is 12.2. The Hall–Kier alpha value is -6.38. The van der Waals surface area contributed by atoms with Gasteiger partial charge in [-0.3, -0.25) is 0 Å². The third kappa shape index (κ3) is 4.83. The highest BCUT2D eigenvalue weighted by atomic mass is 15.1. The van der Waals surface area contributed by atoms with E-state index in [0.717, 1.165) is 22.7 Å². The van der Waals surface area contributed by atoms with Crippen LogP contribution >= 0.6 is 0 Å². The largest absolute Gasteiger partial charge is 0.311 e. The summed E-state index contributed by atoms with van der Waals surface area (Å²) in [7, 11) is 0. The summed E-state index contributed by atoms with van der Waals surface area (Å²) in [6.07, 6.45) is 0. The third-order valence-electron chi connectivity index (χ3n) is 9.38. The maximum absolute atomic E-state index is 2.36. The summed E-state index contributed by atoms with van der Waals surface area (Å²) in [5.41, 5.74) is 11.8. The SMILES string of the molecule is c1ccc(N(c2ccc(-c3ccccc3-c3ccc4ccccc4c3)cc2)c2ccc(-n3c4ccccc4c4ccccc43)cc2)cc1. The monoisotopic (exact) mass is 612 g/mol. The number of anilines is 3. The number of aromatic nitrogens is 1. The first-order valence-corrected chi connectivity index (χ1v) is 16.4. The molecule has 0 atom stereocenters. The Labute approximate surface area is 280 Å². The summed E-state index contributed by atoms with van der Waals surface area (Å²) in [5, 5.41) is 5.05. The van der Waals surface area contributed by atoms with Crippen molar-refractivity contribution in [3.63, 3.8) is 0 Å². The first kappa shape index (κ1) is 27.9. The fraction of sp³-hybridized carbons (Fsp3) is 0. The second kappa shape index (κ2) is 11.8. The molecule has 0 amide bonds. The van der Waals surface area contributed by atoms with E-state index in [0.29, 0.717) is 0 Å². The van der Waals surface area contributed by atoms with E-state index >= 15 is 0 Å². The predicted molar refractivity (Wildman–Crippen MR) is 204 cm³/mol. The van der Waals surface area contributed by atoms with Crippen LogP contribution in [0.1, 0.15) is 0 Å². The van der Waals surface area contributed by atoms with Gasteiger partial charge in [-0.25, -0.2) is 0 Å². The van der Waals surface area contributed by atoms with E-state index in [-0.39, 0.29) is 0 Å². The van der Waals surface area contributed by atoms with Crippen LogP contribution < -0.4 is 4.90 Å². The number of benzene rings is 8. The first-order chi connectivity index (χ1) is 23.8. The minimum atomic E-state index is 1.11. The van der Waals surface area contributed by atoms with Crippen molar-refractivity contribution >= 4 is 49.6 Å². The lowest BCUT2D eigenvalue weighted by atomic mass is 9.93. The van der Waals surface area contributed by atoms with E-state index in [1.54, 1.807) is 0 Å². The van der Waals surface area contributed by atoms with Crippen LogP contribution in [-0.2, 0) is 0 Å². The molecular weight excluding hydrogens is 581 g/mol. The van der Waals surface area contributed by atoms with Gasteiger partial charge in [0.1, 0.15) is 0 Å². The van der Waals surface area contributed by atoms with Crippen molar-refractivity contribution in [2.45, 2.75) is 0 Å². The normalized spacial score (nSPS) is 11.3. The minimum absolute atomic E-state index is 1.11. The second-order valence-electron chi connectivity index (χ2n) is 12.2. The molecule has 0 bridgehead atoms. The Balaban J connectivity index is 1.10. The Morgan fingerprint density at radius 2 is 0.812 bits per heavy atom. The van der Waals surface area contributed by atoms with Crippen molar-refractivity contribution in [3.05, 3.63) is 194 Å². The van der Waals surface area contributed by atoms with Gasteiger partial charge in [-0.05, 0) is 99.8 Å². The van der Waals surface area contributed by atoms with Crippen LogP contribution in [0.15, 0.2) is 194 Å². The van der Waals surface area contributed by atoms with E-state index in [9.17, 15) is 0 Å². The molecule has 0 saturated heterocycles. The van der Waals surface area contributed by atoms with E-state index in [4.69, 9.17) is 0 Å². The average molecular weight is 613 g/mol. The quantitative estimate of drug-likeness (QED) is 0.181. The van der Waals surface area contributed by atoms with Gasteiger partial charge in [0.15, 0.2) is 0 Å². The van der Waals surface area contributed by atoms with Gasteiger partial charge < -0.3 is 9.47 Å². The number of fused-ring (bicyclic) bond motifs is 4. The number of hydrogen-bond donors (Lipinski definition) is 0. The molecule has 0 unspecified atom stereocenters. The molecule has 0 radical (unpaired) electrons. The molecule has 0 fully saturated rings. The Morgan fingerprint density at radius 3 is 1.48 bits per heavy atom. The van der Waals surface area contributed by atoms with Gasteiger partial charge in [0.2, 0.25) is 0 Å². The first-order valence-electron chi connectivity index (χ1n) is 16.4. The number of nitrogens with zero attached hydrogens (tertiary/aromatic N) is 2. The molecule has 2 heteroatoms. The smallest absolute Gasteiger partial charge is 0.0541 e. The lowest BCUT2D eigenvalue weighted by Gasteiger charge is -2.26. The molecule has 0 saturated carbocycles. The van der Waals surface area contributed by atoms with E-state index < -0.39 is 0 Å². The summed E-state index contributed by atoms with van der Waals surface area (Å²) in [6, 6.07) is 69.8. The van der Waals surface area contributed by atoms with Crippen LogP contribution in [-0.4, -0.2) is 4.57 Å². The van der Waals surface area contributed by atoms with Gasteiger partial charge in [0, 0.05) is 33.5 Å². The van der Waals surface area contributed by atoms with Crippen LogP contribution in [0.2, 0.25) is 0 Å².